The van der Waals surface area contributed by atoms with Gasteiger partial charge in [-0.1, -0.05) is 13.8 Å². The van der Waals surface area contributed by atoms with Crippen LogP contribution in [-0.4, -0.2) is 55.1 Å². The molecular formula is C16H31N5. The third kappa shape index (κ3) is 6.29. The summed E-state index contributed by atoms with van der Waals surface area (Å²) in [4.78, 5) is 13.9. The Morgan fingerprint density at radius 1 is 1.00 bits per heavy atom. The minimum absolute atomic E-state index is 0.882. The summed E-state index contributed by atoms with van der Waals surface area (Å²) in [6, 6.07) is 2.08. The second kappa shape index (κ2) is 9.55. The summed E-state index contributed by atoms with van der Waals surface area (Å²) in [7, 11) is 4.22. The number of nitrogens with zero attached hydrogens (tertiary/aromatic N) is 4. The van der Waals surface area contributed by atoms with Crippen LogP contribution in [0.3, 0.4) is 0 Å². The van der Waals surface area contributed by atoms with Gasteiger partial charge < -0.3 is 15.1 Å². The Morgan fingerprint density at radius 2 is 1.76 bits per heavy atom. The molecule has 5 heteroatoms. The summed E-state index contributed by atoms with van der Waals surface area (Å²) in [5.74, 6) is 2.93. The van der Waals surface area contributed by atoms with Crippen molar-refractivity contribution in [3.05, 3.63) is 11.9 Å². The Kier molecular flexibility index (Phi) is 8.05. The molecule has 0 bridgehead atoms. The first-order valence-corrected chi connectivity index (χ1v) is 8.12. The minimum atomic E-state index is 0.882. The van der Waals surface area contributed by atoms with Gasteiger partial charge in [-0.3, -0.25) is 0 Å². The van der Waals surface area contributed by atoms with Crippen LogP contribution >= 0.6 is 0 Å². The zero-order valence-electron chi connectivity index (χ0n) is 14.3. The van der Waals surface area contributed by atoms with E-state index in [0.717, 1.165) is 62.9 Å². The number of hydrogen-bond acceptors (Lipinski definition) is 5. The number of hydrogen-bond donors (Lipinski definition) is 1. The first-order chi connectivity index (χ1) is 10.1. The standard InChI is InChI=1S/C16H31N5/c1-6-9-14-18-15(17-8-3)13-16(19-14)21(10-7-2)12-11-20(4)5/h13H,6-12H2,1-5H3,(H,17,18,19). The molecule has 0 aliphatic rings. The average Bonchev–Trinajstić information content (AvgIpc) is 2.43. The van der Waals surface area contributed by atoms with Crippen LogP contribution in [-0.2, 0) is 6.42 Å². The number of anilines is 2. The van der Waals surface area contributed by atoms with Crippen molar-refractivity contribution in [2.24, 2.45) is 0 Å². The fourth-order valence-corrected chi connectivity index (χ4v) is 2.18. The van der Waals surface area contributed by atoms with Gasteiger partial charge in [0.1, 0.15) is 17.5 Å². The van der Waals surface area contributed by atoms with Gasteiger partial charge in [-0.25, -0.2) is 9.97 Å². The highest BCUT2D eigenvalue weighted by Crippen LogP contribution is 2.17. The molecule has 5 nitrogen and oxygen atoms in total. The maximum Gasteiger partial charge on any atom is 0.134 e. The molecule has 1 aromatic heterocycles. The van der Waals surface area contributed by atoms with Crippen molar-refractivity contribution >= 4 is 11.6 Å². The number of aryl methyl sites for hydroxylation is 1. The molecule has 1 aromatic rings. The summed E-state index contributed by atoms with van der Waals surface area (Å²) in [6.45, 7) is 10.4. The van der Waals surface area contributed by atoms with Crippen LogP contribution in [0.15, 0.2) is 6.07 Å². The molecule has 0 radical (unpaired) electrons. The molecule has 0 aliphatic heterocycles. The smallest absolute Gasteiger partial charge is 0.134 e. The Labute approximate surface area is 129 Å². The molecule has 0 fully saturated rings. The average molecular weight is 293 g/mol. The van der Waals surface area contributed by atoms with Crippen LogP contribution in [0, 0.1) is 0 Å². The van der Waals surface area contributed by atoms with Crippen LogP contribution in [0.5, 0.6) is 0 Å². The van der Waals surface area contributed by atoms with Gasteiger partial charge in [0.15, 0.2) is 0 Å². The summed E-state index contributed by atoms with van der Waals surface area (Å²) in [5, 5.41) is 3.32. The predicted octanol–water partition coefficient (Wildman–Crippen LogP) is 2.64. The van der Waals surface area contributed by atoms with E-state index in [-0.39, 0.29) is 0 Å². The van der Waals surface area contributed by atoms with E-state index in [2.05, 4.69) is 61.0 Å². The van der Waals surface area contributed by atoms with E-state index < -0.39 is 0 Å². The van der Waals surface area contributed by atoms with Crippen molar-refractivity contribution in [3.8, 4) is 0 Å². The maximum atomic E-state index is 4.76. The van der Waals surface area contributed by atoms with Gasteiger partial charge in [0, 0.05) is 38.7 Å². The van der Waals surface area contributed by atoms with E-state index in [0.29, 0.717) is 0 Å². The number of likely N-dealkylation sites (N-methyl/N-ethyl adjacent to an activating group) is 1. The van der Waals surface area contributed by atoms with Crippen LogP contribution in [0.25, 0.3) is 0 Å². The van der Waals surface area contributed by atoms with Crippen molar-refractivity contribution in [2.45, 2.75) is 40.0 Å². The monoisotopic (exact) mass is 293 g/mol. The molecule has 0 saturated heterocycles. The molecule has 120 valence electrons. The largest absolute Gasteiger partial charge is 0.370 e. The van der Waals surface area contributed by atoms with E-state index in [9.17, 15) is 0 Å². The molecule has 0 aliphatic carbocycles. The summed E-state index contributed by atoms with van der Waals surface area (Å²) >= 11 is 0. The second-order valence-corrected chi connectivity index (χ2v) is 5.60. The van der Waals surface area contributed by atoms with Crippen molar-refractivity contribution in [2.75, 3.05) is 50.5 Å². The topological polar surface area (TPSA) is 44.3 Å². The van der Waals surface area contributed by atoms with Gasteiger partial charge in [0.25, 0.3) is 0 Å². The molecule has 0 atom stereocenters. The van der Waals surface area contributed by atoms with Crippen molar-refractivity contribution < 1.29 is 0 Å². The lowest BCUT2D eigenvalue weighted by Crippen LogP contribution is -2.33. The zero-order chi connectivity index (χ0) is 15.7. The zero-order valence-corrected chi connectivity index (χ0v) is 14.3. The van der Waals surface area contributed by atoms with Gasteiger partial charge in [-0.15, -0.1) is 0 Å². The fraction of sp³-hybridized carbons (Fsp3) is 0.750. The highest BCUT2D eigenvalue weighted by molar-refractivity contribution is 5.49. The summed E-state index contributed by atoms with van der Waals surface area (Å²) in [5.41, 5.74) is 0. The SMILES string of the molecule is CCCc1nc(NCC)cc(N(CCC)CCN(C)C)n1. The first kappa shape index (κ1) is 17.7. The van der Waals surface area contributed by atoms with E-state index >= 15 is 0 Å². The predicted molar refractivity (Wildman–Crippen MR) is 91.2 cm³/mol. The molecule has 1 N–H and O–H groups in total. The first-order valence-electron chi connectivity index (χ1n) is 8.12. The Morgan fingerprint density at radius 3 is 2.33 bits per heavy atom. The van der Waals surface area contributed by atoms with E-state index in [1.807, 2.05) is 0 Å². The van der Waals surface area contributed by atoms with Gasteiger partial charge in [-0.2, -0.15) is 0 Å². The Hall–Kier alpha value is -1.36. The number of rotatable bonds is 10. The van der Waals surface area contributed by atoms with E-state index in [4.69, 9.17) is 4.98 Å². The van der Waals surface area contributed by atoms with Crippen LogP contribution in [0.4, 0.5) is 11.6 Å². The van der Waals surface area contributed by atoms with Gasteiger partial charge in [-0.05, 0) is 33.9 Å². The molecular weight excluding hydrogens is 262 g/mol. The molecule has 21 heavy (non-hydrogen) atoms. The van der Waals surface area contributed by atoms with Crippen molar-refractivity contribution in [3.63, 3.8) is 0 Å². The normalized spacial score (nSPS) is 11.0. The van der Waals surface area contributed by atoms with Crippen molar-refractivity contribution in [1.82, 2.24) is 14.9 Å². The highest BCUT2D eigenvalue weighted by Gasteiger charge is 2.11. The van der Waals surface area contributed by atoms with Gasteiger partial charge in [0.2, 0.25) is 0 Å². The van der Waals surface area contributed by atoms with E-state index in [1.54, 1.807) is 0 Å². The molecule has 0 spiro atoms. The number of aromatic nitrogens is 2. The lowest BCUT2D eigenvalue weighted by molar-refractivity contribution is 0.412. The van der Waals surface area contributed by atoms with E-state index in [1.165, 1.54) is 0 Å². The van der Waals surface area contributed by atoms with Crippen LogP contribution < -0.4 is 10.2 Å². The maximum absolute atomic E-state index is 4.76. The van der Waals surface area contributed by atoms with Gasteiger partial charge in [0.05, 0.1) is 0 Å². The minimum Gasteiger partial charge on any atom is -0.370 e. The lowest BCUT2D eigenvalue weighted by atomic mass is 10.3. The quantitative estimate of drug-likeness (QED) is 0.718. The molecule has 1 rings (SSSR count). The van der Waals surface area contributed by atoms with Crippen molar-refractivity contribution in [1.29, 1.82) is 0 Å². The molecule has 0 unspecified atom stereocenters. The molecule has 0 saturated carbocycles. The lowest BCUT2D eigenvalue weighted by Gasteiger charge is -2.25. The Balaban J connectivity index is 2.97. The van der Waals surface area contributed by atoms with Crippen LogP contribution in [0.2, 0.25) is 0 Å². The highest BCUT2D eigenvalue weighted by atomic mass is 15.2. The number of nitrogens with one attached hydrogen (secondary N) is 1. The summed E-state index contributed by atoms with van der Waals surface area (Å²) in [6.07, 6.45) is 3.12. The van der Waals surface area contributed by atoms with Gasteiger partial charge >= 0.3 is 0 Å². The second-order valence-electron chi connectivity index (χ2n) is 5.60. The third-order valence-electron chi connectivity index (χ3n) is 3.23. The molecule has 0 aromatic carbocycles. The third-order valence-corrected chi connectivity index (χ3v) is 3.23. The Bertz CT molecular complexity index is 381. The van der Waals surface area contributed by atoms with Crippen LogP contribution in [0.1, 0.15) is 39.4 Å². The fourth-order valence-electron chi connectivity index (χ4n) is 2.18. The molecule has 1 heterocycles. The molecule has 0 amide bonds. The summed E-state index contributed by atoms with van der Waals surface area (Å²) < 4.78 is 0.